The lowest BCUT2D eigenvalue weighted by Crippen LogP contribution is -1.99. The number of methoxy groups -OCH3 is 1. The number of nitrogens with zero attached hydrogens (tertiary/aromatic N) is 2. The van der Waals surface area contributed by atoms with E-state index in [1.807, 2.05) is 12.1 Å². The number of rotatable bonds is 3. The zero-order valence-electron chi connectivity index (χ0n) is 12.6. The van der Waals surface area contributed by atoms with Gasteiger partial charge in [0.1, 0.15) is 22.7 Å². The maximum Gasteiger partial charge on any atom is 0.142 e. The van der Waals surface area contributed by atoms with E-state index in [0.717, 1.165) is 28.5 Å². The molecule has 1 N–H and O–H groups in total. The highest BCUT2D eigenvalue weighted by molar-refractivity contribution is 7.19. The fourth-order valence-electron chi connectivity index (χ4n) is 3.07. The van der Waals surface area contributed by atoms with Gasteiger partial charge in [-0.25, -0.2) is 9.97 Å². The van der Waals surface area contributed by atoms with Crippen LogP contribution in [0.4, 0.5) is 11.5 Å². The maximum atomic E-state index is 5.46. The largest absolute Gasteiger partial charge is 0.495 e. The molecule has 1 aliphatic carbocycles. The number of benzene rings is 1. The lowest BCUT2D eigenvalue weighted by Gasteiger charge is -2.12. The average molecular weight is 311 g/mol. The van der Waals surface area contributed by atoms with Gasteiger partial charge < -0.3 is 10.1 Å². The first kappa shape index (κ1) is 13.5. The molecule has 5 heteroatoms. The summed E-state index contributed by atoms with van der Waals surface area (Å²) in [5, 5.41) is 4.64. The van der Waals surface area contributed by atoms with Crippen LogP contribution < -0.4 is 10.1 Å². The highest BCUT2D eigenvalue weighted by Gasteiger charge is 2.21. The van der Waals surface area contributed by atoms with Gasteiger partial charge in [0.25, 0.3) is 0 Å². The Morgan fingerprint density at radius 1 is 1.23 bits per heavy atom. The van der Waals surface area contributed by atoms with Crippen LogP contribution in [0.25, 0.3) is 10.2 Å². The summed E-state index contributed by atoms with van der Waals surface area (Å²) in [4.78, 5) is 11.5. The maximum absolute atomic E-state index is 5.46. The van der Waals surface area contributed by atoms with E-state index >= 15 is 0 Å². The van der Waals surface area contributed by atoms with Crippen molar-refractivity contribution in [2.75, 3.05) is 12.4 Å². The Morgan fingerprint density at radius 3 is 3.00 bits per heavy atom. The molecule has 0 aliphatic heterocycles. The predicted molar refractivity (Wildman–Crippen MR) is 90.5 cm³/mol. The van der Waals surface area contributed by atoms with Crippen LogP contribution >= 0.6 is 11.3 Å². The smallest absolute Gasteiger partial charge is 0.142 e. The van der Waals surface area contributed by atoms with Gasteiger partial charge in [-0.15, -0.1) is 11.3 Å². The Bertz CT molecular complexity index is 856. The van der Waals surface area contributed by atoms with Crippen LogP contribution in [-0.2, 0) is 12.8 Å². The second kappa shape index (κ2) is 5.25. The molecule has 112 valence electrons. The Hall–Kier alpha value is -2.14. The topological polar surface area (TPSA) is 47.0 Å². The summed E-state index contributed by atoms with van der Waals surface area (Å²) in [6, 6.07) is 6.11. The number of ether oxygens (including phenoxy) is 1. The van der Waals surface area contributed by atoms with E-state index in [9.17, 15) is 0 Å². The van der Waals surface area contributed by atoms with Crippen molar-refractivity contribution < 1.29 is 4.74 Å². The quantitative estimate of drug-likeness (QED) is 0.786. The van der Waals surface area contributed by atoms with Crippen molar-refractivity contribution in [3.8, 4) is 5.75 Å². The van der Waals surface area contributed by atoms with E-state index in [-0.39, 0.29) is 0 Å². The SMILES string of the molecule is COc1ccc(C)cc1Nc1ncnc2sc3c(c12)CCC3. The molecule has 1 aliphatic rings. The zero-order valence-corrected chi connectivity index (χ0v) is 13.5. The molecule has 4 nitrogen and oxygen atoms in total. The number of hydrogen-bond acceptors (Lipinski definition) is 5. The second-order valence-electron chi connectivity index (χ2n) is 5.59. The standard InChI is InChI=1S/C17H17N3OS/c1-10-6-7-13(21-2)12(8-10)20-16-15-11-4-3-5-14(11)22-17(15)19-9-18-16/h6-9H,3-5H2,1-2H3,(H,18,19,20). The number of thiophene rings is 1. The van der Waals surface area contributed by atoms with Crippen molar-refractivity contribution in [1.82, 2.24) is 9.97 Å². The fourth-order valence-corrected chi connectivity index (χ4v) is 4.30. The molecule has 0 unspecified atom stereocenters. The van der Waals surface area contributed by atoms with E-state index in [2.05, 4.69) is 28.3 Å². The van der Waals surface area contributed by atoms with Crippen LogP contribution in [0.3, 0.4) is 0 Å². The Kier molecular flexibility index (Phi) is 3.22. The van der Waals surface area contributed by atoms with Gasteiger partial charge in [0.15, 0.2) is 0 Å². The van der Waals surface area contributed by atoms with Gasteiger partial charge in [0.05, 0.1) is 18.2 Å². The van der Waals surface area contributed by atoms with Gasteiger partial charge in [0, 0.05) is 4.88 Å². The van der Waals surface area contributed by atoms with Gasteiger partial charge in [0.2, 0.25) is 0 Å². The summed E-state index contributed by atoms with van der Waals surface area (Å²) in [5.41, 5.74) is 3.55. The molecule has 3 aromatic rings. The third-order valence-electron chi connectivity index (χ3n) is 4.11. The van der Waals surface area contributed by atoms with Crippen LogP contribution in [-0.4, -0.2) is 17.1 Å². The number of fused-ring (bicyclic) bond motifs is 3. The summed E-state index contributed by atoms with van der Waals surface area (Å²) in [5.74, 6) is 1.71. The molecule has 2 heterocycles. The average Bonchev–Trinajstić information content (AvgIpc) is 3.08. The zero-order chi connectivity index (χ0) is 15.1. The van der Waals surface area contributed by atoms with Crippen LogP contribution in [0.1, 0.15) is 22.4 Å². The third kappa shape index (κ3) is 2.13. The number of nitrogens with one attached hydrogen (secondary N) is 1. The van der Waals surface area contributed by atoms with Crippen molar-refractivity contribution >= 4 is 33.1 Å². The summed E-state index contributed by atoms with van der Waals surface area (Å²) >= 11 is 1.80. The summed E-state index contributed by atoms with van der Waals surface area (Å²) < 4.78 is 5.46. The van der Waals surface area contributed by atoms with Crippen LogP contribution in [0.5, 0.6) is 5.75 Å². The predicted octanol–water partition coefficient (Wildman–Crippen LogP) is 4.24. The van der Waals surface area contributed by atoms with Gasteiger partial charge in [-0.1, -0.05) is 6.07 Å². The van der Waals surface area contributed by atoms with E-state index in [0.29, 0.717) is 0 Å². The van der Waals surface area contributed by atoms with Crippen molar-refractivity contribution in [3.05, 3.63) is 40.5 Å². The van der Waals surface area contributed by atoms with Crippen LogP contribution in [0.2, 0.25) is 0 Å². The Balaban J connectivity index is 1.84. The highest BCUT2D eigenvalue weighted by atomic mass is 32.1. The molecule has 0 saturated heterocycles. The van der Waals surface area contributed by atoms with Gasteiger partial charge >= 0.3 is 0 Å². The molecule has 1 aromatic carbocycles. The first-order chi connectivity index (χ1) is 10.8. The fraction of sp³-hybridized carbons (Fsp3) is 0.294. The molecule has 2 aromatic heterocycles. The van der Waals surface area contributed by atoms with Crippen LogP contribution in [0, 0.1) is 6.92 Å². The number of hydrogen-bond donors (Lipinski definition) is 1. The molecule has 0 fully saturated rings. The van der Waals surface area contributed by atoms with Crippen molar-refractivity contribution in [2.24, 2.45) is 0 Å². The normalized spacial score (nSPS) is 13.4. The number of anilines is 2. The first-order valence-corrected chi connectivity index (χ1v) is 8.25. The van der Waals surface area contributed by atoms with Crippen molar-refractivity contribution in [1.29, 1.82) is 0 Å². The minimum absolute atomic E-state index is 0.823. The minimum atomic E-state index is 0.823. The minimum Gasteiger partial charge on any atom is -0.495 e. The number of aryl methyl sites for hydroxylation is 3. The molecule has 0 radical (unpaired) electrons. The van der Waals surface area contributed by atoms with E-state index < -0.39 is 0 Å². The van der Waals surface area contributed by atoms with Gasteiger partial charge in [-0.3, -0.25) is 0 Å². The van der Waals surface area contributed by atoms with Crippen molar-refractivity contribution in [2.45, 2.75) is 26.2 Å². The molecular weight excluding hydrogens is 294 g/mol. The molecule has 0 bridgehead atoms. The highest BCUT2D eigenvalue weighted by Crippen LogP contribution is 2.40. The lowest BCUT2D eigenvalue weighted by atomic mass is 10.1. The molecule has 4 rings (SSSR count). The lowest BCUT2D eigenvalue weighted by molar-refractivity contribution is 0.416. The van der Waals surface area contributed by atoms with Crippen molar-refractivity contribution in [3.63, 3.8) is 0 Å². The monoisotopic (exact) mass is 311 g/mol. The molecular formula is C17H17N3OS. The molecule has 0 amide bonds. The summed E-state index contributed by atoms with van der Waals surface area (Å²) in [7, 11) is 1.69. The van der Waals surface area contributed by atoms with Gasteiger partial charge in [-0.2, -0.15) is 0 Å². The molecule has 22 heavy (non-hydrogen) atoms. The molecule has 0 spiro atoms. The molecule has 0 atom stereocenters. The third-order valence-corrected chi connectivity index (χ3v) is 5.31. The first-order valence-electron chi connectivity index (χ1n) is 7.43. The summed E-state index contributed by atoms with van der Waals surface area (Å²) in [6.45, 7) is 2.07. The van der Waals surface area contributed by atoms with Gasteiger partial charge in [-0.05, 0) is 49.4 Å². The van der Waals surface area contributed by atoms with E-state index in [4.69, 9.17) is 4.74 Å². The van der Waals surface area contributed by atoms with E-state index in [1.54, 1.807) is 24.8 Å². The summed E-state index contributed by atoms with van der Waals surface area (Å²) in [6.07, 6.45) is 5.17. The Morgan fingerprint density at radius 2 is 2.14 bits per heavy atom. The number of aromatic nitrogens is 2. The van der Waals surface area contributed by atoms with Crippen LogP contribution in [0.15, 0.2) is 24.5 Å². The van der Waals surface area contributed by atoms with E-state index in [1.165, 1.54) is 34.2 Å². The molecule has 0 saturated carbocycles. The second-order valence-corrected chi connectivity index (χ2v) is 6.67. The Labute approximate surface area is 133 Å².